The third-order valence-corrected chi connectivity index (χ3v) is 4.70. The molecule has 1 aromatic carbocycles. The van der Waals surface area contributed by atoms with Gasteiger partial charge in [0.2, 0.25) is 0 Å². The van der Waals surface area contributed by atoms with Gasteiger partial charge in [-0.3, -0.25) is 0 Å². The molecule has 3 rings (SSSR count). The second kappa shape index (κ2) is 5.44. The lowest BCUT2D eigenvalue weighted by Crippen LogP contribution is -2.37. The van der Waals surface area contributed by atoms with Gasteiger partial charge < -0.3 is 5.32 Å². The molecule has 1 nitrogen and oxygen atoms in total. The minimum absolute atomic E-state index is 0.752. The molecule has 18 heavy (non-hydrogen) atoms. The van der Waals surface area contributed by atoms with Crippen LogP contribution in [0.1, 0.15) is 49.3 Å². The van der Waals surface area contributed by atoms with Crippen molar-refractivity contribution >= 4 is 0 Å². The first-order chi connectivity index (χ1) is 8.81. The lowest BCUT2D eigenvalue weighted by Gasteiger charge is -2.28. The van der Waals surface area contributed by atoms with Crippen molar-refractivity contribution in [2.75, 3.05) is 6.54 Å². The summed E-state index contributed by atoms with van der Waals surface area (Å²) in [5.74, 6) is 0.913. The van der Waals surface area contributed by atoms with Gasteiger partial charge in [0.15, 0.2) is 0 Å². The molecule has 98 valence electrons. The minimum Gasteiger partial charge on any atom is -0.314 e. The molecule has 2 aliphatic rings. The highest BCUT2D eigenvalue weighted by atomic mass is 14.9. The van der Waals surface area contributed by atoms with E-state index in [1.807, 2.05) is 0 Å². The van der Waals surface area contributed by atoms with Crippen LogP contribution in [0, 0.1) is 5.92 Å². The van der Waals surface area contributed by atoms with E-state index in [9.17, 15) is 0 Å². The first-order valence-corrected chi connectivity index (χ1v) is 7.65. The van der Waals surface area contributed by atoms with Crippen LogP contribution in [-0.4, -0.2) is 12.6 Å². The molecular weight excluding hydrogens is 218 g/mol. The van der Waals surface area contributed by atoms with Crippen LogP contribution in [0.4, 0.5) is 0 Å². The highest BCUT2D eigenvalue weighted by molar-refractivity contribution is 5.35. The van der Waals surface area contributed by atoms with Crippen molar-refractivity contribution in [3.05, 3.63) is 34.9 Å². The normalized spacial score (nSPS) is 27.2. The molecule has 0 bridgehead atoms. The molecular formula is C17H25N. The summed E-state index contributed by atoms with van der Waals surface area (Å²) >= 11 is 0. The average Bonchev–Trinajstić information content (AvgIpc) is 2.84. The van der Waals surface area contributed by atoms with Gasteiger partial charge in [0.1, 0.15) is 0 Å². The van der Waals surface area contributed by atoms with Crippen molar-refractivity contribution in [2.24, 2.45) is 5.92 Å². The van der Waals surface area contributed by atoms with E-state index in [-0.39, 0.29) is 0 Å². The molecule has 0 amide bonds. The fourth-order valence-corrected chi connectivity index (χ4v) is 3.56. The van der Waals surface area contributed by atoms with Crippen molar-refractivity contribution in [1.29, 1.82) is 0 Å². The maximum atomic E-state index is 3.67. The van der Waals surface area contributed by atoms with E-state index < -0.39 is 0 Å². The Morgan fingerprint density at radius 3 is 3.00 bits per heavy atom. The number of piperidine rings is 1. The largest absolute Gasteiger partial charge is 0.314 e. The third kappa shape index (κ3) is 2.77. The Labute approximate surface area is 111 Å². The molecule has 0 aromatic heterocycles. The summed E-state index contributed by atoms with van der Waals surface area (Å²) in [5.41, 5.74) is 4.77. The molecule has 1 N–H and O–H groups in total. The van der Waals surface area contributed by atoms with Crippen LogP contribution in [0.2, 0.25) is 0 Å². The van der Waals surface area contributed by atoms with Gasteiger partial charge in [-0.2, -0.15) is 0 Å². The number of benzene rings is 1. The predicted molar refractivity (Wildman–Crippen MR) is 77.0 cm³/mol. The monoisotopic (exact) mass is 243 g/mol. The molecule has 2 atom stereocenters. The van der Waals surface area contributed by atoms with Crippen LogP contribution >= 0.6 is 0 Å². The SMILES string of the molecule is CC1CCNC(CCc2ccc3c(c2)CCC3)C1. The van der Waals surface area contributed by atoms with Gasteiger partial charge in [0.05, 0.1) is 0 Å². The Bertz CT molecular complexity index is 410. The zero-order chi connectivity index (χ0) is 12.4. The van der Waals surface area contributed by atoms with Crippen LogP contribution in [0.15, 0.2) is 18.2 Å². The lowest BCUT2D eigenvalue weighted by molar-refractivity contribution is 0.308. The van der Waals surface area contributed by atoms with Crippen LogP contribution in [0.5, 0.6) is 0 Å². The van der Waals surface area contributed by atoms with E-state index in [0.29, 0.717) is 0 Å². The Balaban J connectivity index is 1.56. The molecule has 0 radical (unpaired) electrons. The first kappa shape index (κ1) is 12.2. The molecule has 1 fully saturated rings. The summed E-state index contributed by atoms with van der Waals surface area (Å²) in [6, 6.07) is 7.95. The summed E-state index contributed by atoms with van der Waals surface area (Å²) in [7, 11) is 0. The van der Waals surface area contributed by atoms with Gasteiger partial charge >= 0.3 is 0 Å². The standard InChI is InChI=1S/C17H25N/c1-13-9-10-18-17(11-13)8-6-14-5-7-15-3-2-4-16(15)12-14/h5,7,12-13,17-18H,2-4,6,8-11H2,1H3. The Morgan fingerprint density at radius 1 is 1.22 bits per heavy atom. The zero-order valence-corrected chi connectivity index (χ0v) is 11.5. The highest BCUT2D eigenvalue weighted by Crippen LogP contribution is 2.24. The van der Waals surface area contributed by atoms with E-state index in [1.165, 1.54) is 51.5 Å². The Hall–Kier alpha value is -0.820. The van der Waals surface area contributed by atoms with Crippen molar-refractivity contribution in [3.8, 4) is 0 Å². The van der Waals surface area contributed by atoms with Gasteiger partial charge in [-0.05, 0) is 74.1 Å². The molecule has 0 saturated carbocycles. The summed E-state index contributed by atoms with van der Waals surface area (Å²) in [6.45, 7) is 3.61. The van der Waals surface area contributed by atoms with Gasteiger partial charge in [-0.1, -0.05) is 25.1 Å². The van der Waals surface area contributed by atoms with Gasteiger partial charge in [-0.25, -0.2) is 0 Å². The second-order valence-corrected chi connectivity index (χ2v) is 6.28. The quantitative estimate of drug-likeness (QED) is 0.857. The fraction of sp³-hybridized carbons (Fsp3) is 0.647. The minimum atomic E-state index is 0.752. The fourth-order valence-electron chi connectivity index (χ4n) is 3.56. The van der Waals surface area contributed by atoms with Crippen LogP contribution in [0.25, 0.3) is 0 Å². The molecule has 1 heteroatoms. The first-order valence-electron chi connectivity index (χ1n) is 7.65. The molecule has 1 heterocycles. The third-order valence-electron chi connectivity index (χ3n) is 4.70. The van der Waals surface area contributed by atoms with E-state index in [0.717, 1.165) is 12.0 Å². The predicted octanol–water partition coefficient (Wildman–Crippen LogP) is 3.50. The number of hydrogen-bond acceptors (Lipinski definition) is 1. The molecule has 1 aliphatic heterocycles. The van der Waals surface area contributed by atoms with E-state index >= 15 is 0 Å². The topological polar surface area (TPSA) is 12.0 Å². The maximum absolute atomic E-state index is 3.67. The molecule has 1 saturated heterocycles. The highest BCUT2D eigenvalue weighted by Gasteiger charge is 2.18. The lowest BCUT2D eigenvalue weighted by atomic mass is 9.90. The number of hydrogen-bond donors (Lipinski definition) is 1. The smallest absolute Gasteiger partial charge is 0.00727 e. The van der Waals surface area contributed by atoms with E-state index in [4.69, 9.17) is 0 Å². The van der Waals surface area contributed by atoms with Crippen molar-refractivity contribution in [1.82, 2.24) is 5.32 Å². The number of fused-ring (bicyclic) bond motifs is 1. The van der Waals surface area contributed by atoms with Crippen molar-refractivity contribution < 1.29 is 0 Å². The molecule has 2 unspecified atom stereocenters. The molecule has 1 aromatic rings. The molecule has 1 aliphatic carbocycles. The summed E-state index contributed by atoms with van der Waals surface area (Å²) in [5, 5.41) is 3.67. The average molecular weight is 243 g/mol. The van der Waals surface area contributed by atoms with Gasteiger partial charge in [0, 0.05) is 6.04 Å². The maximum Gasteiger partial charge on any atom is 0.00727 e. The Morgan fingerprint density at radius 2 is 2.11 bits per heavy atom. The summed E-state index contributed by atoms with van der Waals surface area (Å²) in [4.78, 5) is 0. The summed E-state index contributed by atoms with van der Waals surface area (Å²) in [6.07, 6.45) is 9.25. The Kier molecular flexibility index (Phi) is 3.69. The second-order valence-electron chi connectivity index (χ2n) is 6.28. The zero-order valence-electron chi connectivity index (χ0n) is 11.5. The summed E-state index contributed by atoms with van der Waals surface area (Å²) < 4.78 is 0. The number of rotatable bonds is 3. The van der Waals surface area contributed by atoms with Crippen molar-refractivity contribution in [2.45, 2.75) is 57.9 Å². The van der Waals surface area contributed by atoms with Gasteiger partial charge in [0.25, 0.3) is 0 Å². The van der Waals surface area contributed by atoms with E-state index in [2.05, 4.69) is 30.4 Å². The number of aryl methyl sites for hydroxylation is 3. The number of nitrogens with one attached hydrogen (secondary N) is 1. The van der Waals surface area contributed by atoms with Crippen LogP contribution in [-0.2, 0) is 19.3 Å². The van der Waals surface area contributed by atoms with E-state index in [1.54, 1.807) is 16.7 Å². The van der Waals surface area contributed by atoms with Crippen molar-refractivity contribution in [3.63, 3.8) is 0 Å². The van der Waals surface area contributed by atoms with Gasteiger partial charge in [-0.15, -0.1) is 0 Å². The molecule has 0 spiro atoms. The van der Waals surface area contributed by atoms with Crippen LogP contribution in [0.3, 0.4) is 0 Å². The van der Waals surface area contributed by atoms with Crippen LogP contribution < -0.4 is 5.32 Å².